The monoisotopic (exact) mass is 289 g/mol. The zero-order chi connectivity index (χ0) is 15.3. The van der Waals surface area contributed by atoms with E-state index in [1.807, 2.05) is 30.3 Å². The molecule has 0 aliphatic heterocycles. The van der Waals surface area contributed by atoms with Crippen molar-refractivity contribution in [2.45, 2.75) is 50.6 Å². The van der Waals surface area contributed by atoms with Crippen LogP contribution >= 0.6 is 0 Å². The molecule has 21 heavy (non-hydrogen) atoms. The molecule has 4 nitrogen and oxygen atoms in total. The molecule has 1 aliphatic carbocycles. The fourth-order valence-electron chi connectivity index (χ4n) is 3.33. The molecule has 0 aromatic heterocycles. The number of amides is 1. The molecule has 1 amide bonds. The molecule has 0 spiro atoms. The first-order valence-electron chi connectivity index (χ1n) is 7.96. The lowest BCUT2D eigenvalue weighted by Gasteiger charge is -2.32. The van der Waals surface area contributed by atoms with Gasteiger partial charge in [0.2, 0.25) is 5.91 Å². The molecule has 1 atom stereocenters. The molecule has 1 aromatic carbocycles. The van der Waals surface area contributed by atoms with Gasteiger partial charge in [-0.1, -0.05) is 50.1 Å². The molecule has 0 saturated heterocycles. The molecular formula is C17H27N3O. The van der Waals surface area contributed by atoms with Crippen LogP contribution in [0.2, 0.25) is 0 Å². The zero-order valence-electron chi connectivity index (χ0n) is 12.9. The lowest BCUT2D eigenvalue weighted by Crippen LogP contribution is -2.51. The van der Waals surface area contributed by atoms with E-state index >= 15 is 0 Å². The quantitative estimate of drug-likeness (QED) is 0.806. The molecule has 2 rings (SSSR count). The first-order chi connectivity index (χ1) is 10.1. The number of rotatable bonds is 7. The van der Waals surface area contributed by atoms with E-state index in [1.54, 1.807) is 0 Å². The van der Waals surface area contributed by atoms with Crippen molar-refractivity contribution < 1.29 is 4.79 Å². The third kappa shape index (κ3) is 3.63. The molecule has 1 aromatic rings. The molecule has 0 heterocycles. The Hall–Kier alpha value is -1.39. The molecule has 1 saturated carbocycles. The Morgan fingerprint density at radius 3 is 2.43 bits per heavy atom. The van der Waals surface area contributed by atoms with Crippen molar-refractivity contribution in [1.82, 2.24) is 4.90 Å². The van der Waals surface area contributed by atoms with Gasteiger partial charge < -0.3 is 16.4 Å². The van der Waals surface area contributed by atoms with Crippen molar-refractivity contribution in [1.29, 1.82) is 0 Å². The summed E-state index contributed by atoms with van der Waals surface area (Å²) < 4.78 is 0. The minimum absolute atomic E-state index is 0.448. The second-order valence-corrected chi connectivity index (χ2v) is 6.02. The molecule has 1 unspecified atom stereocenters. The predicted molar refractivity (Wildman–Crippen MR) is 85.6 cm³/mol. The van der Waals surface area contributed by atoms with Gasteiger partial charge in [0.15, 0.2) is 0 Å². The van der Waals surface area contributed by atoms with Gasteiger partial charge in [0.05, 0.1) is 0 Å². The molecule has 4 N–H and O–H groups in total. The largest absolute Gasteiger partial charge is 0.368 e. The first-order valence-corrected chi connectivity index (χ1v) is 7.96. The van der Waals surface area contributed by atoms with Gasteiger partial charge in [-0.25, -0.2) is 0 Å². The zero-order valence-corrected chi connectivity index (χ0v) is 12.9. The van der Waals surface area contributed by atoms with Crippen molar-refractivity contribution in [3.05, 3.63) is 35.9 Å². The highest BCUT2D eigenvalue weighted by Gasteiger charge is 2.35. The van der Waals surface area contributed by atoms with Crippen LogP contribution in [0.3, 0.4) is 0 Å². The van der Waals surface area contributed by atoms with Crippen LogP contribution in [-0.2, 0) is 10.3 Å². The Bertz CT molecular complexity index is 456. The second-order valence-electron chi connectivity index (χ2n) is 6.02. The van der Waals surface area contributed by atoms with E-state index in [0.29, 0.717) is 12.5 Å². The number of hydrogen-bond donors (Lipinski definition) is 2. The van der Waals surface area contributed by atoms with E-state index in [4.69, 9.17) is 11.5 Å². The van der Waals surface area contributed by atoms with Crippen molar-refractivity contribution in [2.75, 3.05) is 13.1 Å². The number of benzene rings is 1. The van der Waals surface area contributed by atoms with Gasteiger partial charge >= 0.3 is 0 Å². The van der Waals surface area contributed by atoms with Crippen LogP contribution in [0.5, 0.6) is 0 Å². The van der Waals surface area contributed by atoms with Gasteiger partial charge in [0.1, 0.15) is 5.54 Å². The molecule has 0 bridgehead atoms. The summed E-state index contributed by atoms with van der Waals surface area (Å²) in [7, 11) is 0. The first kappa shape index (κ1) is 16.0. The number of carbonyl (C=O) groups is 1. The van der Waals surface area contributed by atoms with E-state index in [9.17, 15) is 4.79 Å². The van der Waals surface area contributed by atoms with Gasteiger partial charge in [-0.05, 0) is 31.4 Å². The summed E-state index contributed by atoms with van der Waals surface area (Å²) in [4.78, 5) is 14.4. The molecule has 116 valence electrons. The Kier molecular flexibility index (Phi) is 5.37. The molecule has 1 fully saturated rings. The fraction of sp³-hybridized carbons (Fsp3) is 0.588. The van der Waals surface area contributed by atoms with Crippen LogP contribution in [0.15, 0.2) is 30.3 Å². The molecule has 4 heteroatoms. The minimum atomic E-state index is -1.08. The standard InChI is InChI=1S/C17H27N3O/c1-2-20(15-10-6-7-11-15)13-12-17(19,16(18)21)14-8-4-3-5-9-14/h3-5,8-9,15H,2,6-7,10-13,19H2,1H3,(H2,18,21). The topological polar surface area (TPSA) is 72.3 Å². The van der Waals surface area contributed by atoms with Crippen molar-refractivity contribution in [3.63, 3.8) is 0 Å². The molecule has 0 radical (unpaired) electrons. The van der Waals surface area contributed by atoms with Crippen LogP contribution < -0.4 is 11.5 Å². The minimum Gasteiger partial charge on any atom is -0.368 e. The third-order valence-corrected chi connectivity index (χ3v) is 4.77. The molecular weight excluding hydrogens is 262 g/mol. The highest BCUT2D eigenvalue weighted by Crippen LogP contribution is 2.26. The highest BCUT2D eigenvalue weighted by molar-refractivity contribution is 5.85. The summed E-state index contributed by atoms with van der Waals surface area (Å²) in [6.07, 6.45) is 5.70. The smallest absolute Gasteiger partial charge is 0.242 e. The van der Waals surface area contributed by atoms with Crippen LogP contribution in [0.4, 0.5) is 0 Å². The second kappa shape index (κ2) is 7.05. The lowest BCUT2D eigenvalue weighted by atomic mass is 9.86. The van der Waals surface area contributed by atoms with Crippen LogP contribution in [0, 0.1) is 0 Å². The summed E-state index contributed by atoms with van der Waals surface area (Å²) in [6, 6.07) is 10.1. The van der Waals surface area contributed by atoms with E-state index in [2.05, 4.69) is 11.8 Å². The fourth-order valence-corrected chi connectivity index (χ4v) is 3.33. The average molecular weight is 289 g/mol. The summed E-state index contributed by atoms with van der Waals surface area (Å²) in [5, 5.41) is 0. The van der Waals surface area contributed by atoms with Gasteiger partial charge in [-0.15, -0.1) is 0 Å². The maximum Gasteiger partial charge on any atom is 0.242 e. The van der Waals surface area contributed by atoms with Crippen molar-refractivity contribution >= 4 is 5.91 Å². The summed E-state index contributed by atoms with van der Waals surface area (Å²) in [5.41, 5.74) is 11.7. The SMILES string of the molecule is CCN(CCC(N)(C(N)=O)c1ccccc1)C1CCCC1. The van der Waals surface area contributed by atoms with E-state index < -0.39 is 11.4 Å². The Labute approximate surface area is 127 Å². The van der Waals surface area contributed by atoms with E-state index in [-0.39, 0.29) is 0 Å². The van der Waals surface area contributed by atoms with E-state index in [0.717, 1.165) is 18.7 Å². The van der Waals surface area contributed by atoms with Crippen molar-refractivity contribution in [3.8, 4) is 0 Å². The third-order valence-electron chi connectivity index (χ3n) is 4.77. The van der Waals surface area contributed by atoms with Crippen molar-refractivity contribution in [2.24, 2.45) is 11.5 Å². The van der Waals surface area contributed by atoms with Gasteiger partial charge in [-0.2, -0.15) is 0 Å². The lowest BCUT2D eigenvalue weighted by molar-refractivity contribution is -0.123. The predicted octanol–water partition coefficient (Wildman–Crippen LogP) is 1.98. The van der Waals surface area contributed by atoms with Gasteiger partial charge in [0.25, 0.3) is 0 Å². The maximum absolute atomic E-state index is 11.9. The number of carbonyl (C=O) groups excluding carboxylic acids is 1. The number of primary amides is 1. The normalized spacial score (nSPS) is 18.8. The van der Waals surface area contributed by atoms with E-state index in [1.165, 1.54) is 25.7 Å². The van der Waals surface area contributed by atoms with Crippen LogP contribution in [0.1, 0.15) is 44.6 Å². The Morgan fingerprint density at radius 2 is 1.90 bits per heavy atom. The summed E-state index contributed by atoms with van der Waals surface area (Å²) in [5.74, 6) is -0.448. The summed E-state index contributed by atoms with van der Waals surface area (Å²) >= 11 is 0. The number of hydrogen-bond acceptors (Lipinski definition) is 3. The van der Waals surface area contributed by atoms with Gasteiger partial charge in [0, 0.05) is 12.6 Å². The number of nitrogens with zero attached hydrogens (tertiary/aromatic N) is 1. The Balaban J connectivity index is 2.07. The molecule has 1 aliphatic rings. The maximum atomic E-state index is 11.9. The number of nitrogens with two attached hydrogens (primary N) is 2. The highest BCUT2D eigenvalue weighted by atomic mass is 16.1. The average Bonchev–Trinajstić information content (AvgIpc) is 3.02. The van der Waals surface area contributed by atoms with Gasteiger partial charge in [-0.3, -0.25) is 4.79 Å². The van der Waals surface area contributed by atoms with Crippen LogP contribution in [-0.4, -0.2) is 29.9 Å². The Morgan fingerprint density at radius 1 is 1.29 bits per heavy atom. The summed E-state index contributed by atoms with van der Waals surface area (Å²) in [6.45, 7) is 3.98. The van der Waals surface area contributed by atoms with Crippen LogP contribution in [0.25, 0.3) is 0 Å².